The predicted molar refractivity (Wildman–Crippen MR) is 99.9 cm³/mol. The summed E-state index contributed by atoms with van der Waals surface area (Å²) in [4.78, 5) is 35.5. The zero-order valence-corrected chi connectivity index (χ0v) is 16.7. The molecule has 1 heterocycles. The maximum Gasteiger partial charge on any atom is 0.303 e. The number of esters is 3. The Balaban J connectivity index is 2.26. The summed E-state index contributed by atoms with van der Waals surface area (Å²) in [5, 5.41) is 8.90. The number of thioether (sulfide) groups is 2. The van der Waals surface area contributed by atoms with Crippen molar-refractivity contribution in [2.24, 2.45) is 0 Å². The van der Waals surface area contributed by atoms with Crippen LogP contribution in [0.5, 0.6) is 0 Å². The smallest absolute Gasteiger partial charge is 0.303 e. The fraction of sp³-hybridized carbons (Fsp3) is 0.444. The SMILES string of the molecule is CC(=O)O[C@@H]1[C@@H](OC(C)=O)[C@@H](Sc2ccc(C#N)cc2)SC[C@@H]1OC(C)=O. The molecule has 0 saturated carbocycles. The highest BCUT2D eigenvalue weighted by Gasteiger charge is 2.46. The lowest BCUT2D eigenvalue weighted by molar-refractivity contribution is -0.180. The van der Waals surface area contributed by atoms with Gasteiger partial charge >= 0.3 is 17.9 Å². The lowest BCUT2D eigenvalue weighted by atomic mass is 10.1. The van der Waals surface area contributed by atoms with E-state index in [4.69, 9.17) is 19.5 Å². The second-order valence-corrected chi connectivity index (χ2v) is 8.44. The van der Waals surface area contributed by atoms with E-state index in [9.17, 15) is 14.4 Å². The van der Waals surface area contributed by atoms with Gasteiger partial charge in [0, 0.05) is 31.4 Å². The van der Waals surface area contributed by atoms with E-state index in [-0.39, 0.29) is 4.58 Å². The minimum absolute atomic E-state index is 0.280. The summed E-state index contributed by atoms with van der Waals surface area (Å²) in [7, 11) is 0. The zero-order valence-electron chi connectivity index (χ0n) is 15.0. The minimum atomic E-state index is -0.896. The fourth-order valence-electron chi connectivity index (χ4n) is 2.55. The van der Waals surface area contributed by atoms with Crippen LogP contribution in [-0.2, 0) is 28.6 Å². The van der Waals surface area contributed by atoms with E-state index in [1.165, 1.54) is 44.3 Å². The van der Waals surface area contributed by atoms with Crippen LogP contribution >= 0.6 is 23.5 Å². The Hall–Kier alpha value is -2.18. The van der Waals surface area contributed by atoms with Gasteiger partial charge in [-0.1, -0.05) is 0 Å². The molecule has 0 aromatic heterocycles. The first-order valence-corrected chi connectivity index (χ1v) is 10.0. The van der Waals surface area contributed by atoms with Crippen molar-refractivity contribution in [1.29, 1.82) is 5.26 Å². The Morgan fingerprint density at radius 3 is 2.07 bits per heavy atom. The van der Waals surface area contributed by atoms with Crippen LogP contribution in [0.1, 0.15) is 26.3 Å². The molecule has 9 heteroatoms. The van der Waals surface area contributed by atoms with Crippen molar-refractivity contribution >= 4 is 41.4 Å². The highest BCUT2D eigenvalue weighted by Crippen LogP contribution is 2.41. The number of hydrogen-bond donors (Lipinski definition) is 0. The van der Waals surface area contributed by atoms with Crippen LogP contribution in [0.25, 0.3) is 0 Å². The third kappa shape index (κ3) is 6.19. The molecule has 7 nitrogen and oxygen atoms in total. The van der Waals surface area contributed by atoms with E-state index >= 15 is 0 Å². The lowest BCUT2D eigenvalue weighted by Crippen LogP contribution is -2.53. The number of rotatable bonds is 5. The summed E-state index contributed by atoms with van der Waals surface area (Å²) < 4.78 is 15.8. The maximum absolute atomic E-state index is 11.6. The molecule has 2 rings (SSSR count). The number of carbonyl (C=O) groups is 3. The Morgan fingerprint density at radius 2 is 1.56 bits per heavy atom. The highest BCUT2D eigenvalue weighted by atomic mass is 32.2. The molecular formula is C18H19NO6S2. The van der Waals surface area contributed by atoms with Crippen LogP contribution in [0.4, 0.5) is 0 Å². The molecule has 0 unspecified atom stereocenters. The van der Waals surface area contributed by atoms with Gasteiger partial charge in [0.25, 0.3) is 0 Å². The van der Waals surface area contributed by atoms with Gasteiger partial charge in [0.15, 0.2) is 18.3 Å². The van der Waals surface area contributed by atoms with Gasteiger partial charge in [-0.3, -0.25) is 14.4 Å². The number of benzene rings is 1. The molecule has 1 fully saturated rings. The van der Waals surface area contributed by atoms with E-state index < -0.39 is 36.2 Å². The Kier molecular flexibility index (Phi) is 7.56. The van der Waals surface area contributed by atoms with Crippen molar-refractivity contribution in [3.63, 3.8) is 0 Å². The Labute approximate surface area is 165 Å². The number of ether oxygens (including phenoxy) is 3. The van der Waals surface area contributed by atoms with Gasteiger partial charge in [-0.05, 0) is 24.3 Å². The average molecular weight is 409 g/mol. The summed E-state index contributed by atoms with van der Waals surface area (Å²) in [6, 6.07) is 9.05. The predicted octanol–water partition coefficient (Wildman–Crippen LogP) is 2.52. The lowest BCUT2D eigenvalue weighted by Gasteiger charge is -2.39. The molecule has 27 heavy (non-hydrogen) atoms. The first-order valence-electron chi connectivity index (χ1n) is 8.10. The van der Waals surface area contributed by atoms with Crippen molar-refractivity contribution in [2.45, 2.75) is 48.6 Å². The average Bonchev–Trinajstić information content (AvgIpc) is 2.59. The summed E-state index contributed by atoms with van der Waals surface area (Å²) in [5.41, 5.74) is 0.542. The summed E-state index contributed by atoms with van der Waals surface area (Å²) in [5.74, 6) is -1.18. The van der Waals surface area contributed by atoms with E-state index in [1.54, 1.807) is 24.3 Å². The van der Waals surface area contributed by atoms with Crippen molar-refractivity contribution in [1.82, 2.24) is 0 Å². The maximum atomic E-state index is 11.6. The van der Waals surface area contributed by atoms with Gasteiger partial charge in [-0.25, -0.2) is 0 Å². The molecule has 0 spiro atoms. The van der Waals surface area contributed by atoms with Gasteiger partial charge in [0.05, 0.1) is 16.2 Å². The van der Waals surface area contributed by atoms with Crippen LogP contribution in [-0.4, -0.2) is 46.6 Å². The number of carbonyl (C=O) groups excluding carboxylic acids is 3. The summed E-state index contributed by atoms with van der Waals surface area (Å²) in [6.07, 6.45) is -2.40. The second kappa shape index (κ2) is 9.67. The Morgan fingerprint density at radius 1 is 1.00 bits per heavy atom. The monoisotopic (exact) mass is 409 g/mol. The van der Waals surface area contributed by atoms with E-state index in [0.717, 1.165) is 4.90 Å². The molecule has 144 valence electrons. The molecule has 1 aliphatic heterocycles. The first-order chi connectivity index (χ1) is 12.8. The molecular weight excluding hydrogens is 390 g/mol. The number of nitrogens with zero attached hydrogens (tertiary/aromatic N) is 1. The van der Waals surface area contributed by atoms with Crippen molar-refractivity contribution in [3.05, 3.63) is 29.8 Å². The Bertz CT molecular complexity index is 745. The van der Waals surface area contributed by atoms with Crippen molar-refractivity contribution in [3.8, 4) is 6.07 Å². The van der Waals surface area contributed by atoms with Crippen LogP contribution in [0.2, 0.25) is 0 Å². The highest BCUT2D eigenvalue weighted by molar-refractivity contribution is 8.17. The molecule has 1 saturated heterocycles. The standard InChI is InChI=1S/C18H19NO6S2/c1-10(20)23-15-9-26-18(27-14-6-4-13(8-19)5-7-14)17(25-12(3)22)16(15)24-11(2)21/h4-7,15-18H,9H2,1-3H3/t15-,16-,17+,18+/m0/s1. The molecule has 0 radical (unpaired) electrons. The van der Waals surface area contributed by atoms with Crippen molar-refractivity contribution < 1.29 is 28.6 Å². The van der Waals surface area contributed by atoms with Gasteiger partial charge in [-0.15, -0.1) is 23.5 Å². The van der Waals surface area contributed by atoms with Crippen LogP contribution in [0.3, 0.4) is 0 Å². The van der Waals surface area contributed by atoms with E-state index in [2.05, 4.69) is 6.07 Å². The van der Waals surface area contributed by atoms with Crippen molar-refractivity contribution in [2.75, 3.05) is 5.75 Å². The fourth-order valence-corrected chi connectivity index (χ4v) is 5.34. The minimum Gasteiger partial charge on any atom is -0.458 e. The largest absolute Gasteiger partial charge is 0.458 e. The third-order valence-corrected chi connectivity index (χ3v) is 6.40. The van der Waals surface area contributed by atoms with Gasteiger partial charge in [0.1, 0.15) is 0 Å². The van der Waals surface area contributed by atoms with Gasteiger partial charge in [-0.2, -0.15) is 5.26 Å². The number of nitriles is 1. The van der Waals surface area contributed by atoms with Crippen LogP contribution < -0.4 is 0 Å². The van der Waals surface area contributed by atoms with E-state index in [0.29, 0.717) is 11.3 Å². The van der Waals surface area contributed by atoms with Crippen LogP contribution in [0, 0.1) is 11.3 Å². The topological polar surface area (TPSA) is 103 Å². The molecule has 0 bridgehead atoms. The van der Waals surface area contributed by atoms with Gasteiger partial charge < -0.3 is 14.2 Å². The van der Waals surface area contributed by atoms with Crippen LogP contribution in [0.15, 0.2) is 29.2 Å². The molecule has 0 aliphatic carbocycles. The molecule has 1 aromatic rings. The molecule has 0 N–H and O–H groups in total. The first kappa shape index (κ1) is 21.1. The summed E-state index contributed by atoms with van der Waals surface area (Å²) in [6.45, 7) is 3.79. The summed E-state index contributed by atoms with van der Waals surface area (Å²) >= 11 is 2.88. The van der Waals surface area contributed by atoms with E-state index in [1.807, 2.05) is 0 Å². The third-order valence-electron chi connectivity index (χ3n) is 3.54. The molecule has 4 atom stereocenters. The van der Waals surface area contributed by atoms with Gasteiger partial charge in [0.2, 0.25) is 0 Å². The normalized spacial score (nSPS) is 24.4. The second-order valence-electron chi connectivity index (χ2n) is 5.75. The quantitative estimate of drug-likeness (QED) is 0.536. The zero-order chi connectivity index (χ0) is 20.0. The molecule has 0 amide bonds. The number of hydrogen-bond acceptors (Lipinski definition) is 9. The molecule has 1 aliphatic rings. The molecule has 1 aromatic carbocycles.